The molecule has 3 rings (SSSR count). The average molecular weight is 245 g/mol. The second kappa shape index (κ2) is 3.94. The molecule has 3 aromatic heterocycles. The Hall–Kier alpha value is -1.72. The fraction of sp³-hybridized carbons (Fsp3) is 0.167. The van der Waals surface area contributed by atoms with E-state index in [0.717, 1.165) is 21.5 Å². The quantitative estimate of drug-likeness (QED) is 0.754. The van der Waals surface area contributed by atoms with Crippen LogP contribution < -0.4 is 0 Å². The molecule has 0 radical (unpaired) electrons. The minimum atomic E-state index is -0.508. The minimum absolute atomic E-state index is 0.508. The number of rotatable bonds is 2. The summed E-state index contributed by atoms with van der Waals surface area (Å²) in [6.45, 7) is 1.72. The topological polar surface area (TPSA) is 50.9 Å². The van der Waals surface area contributed by atoms with E-state index in [1.165, 1.54) is 0 Å². The van der Waals surface area contributed by atoms with Gasteiger partial charge in [0, 0.05) is 18.0 Å². The van der Waals surface area contributed by atoms with E-state index < -0.39 is 6.10 Å². The maximum absolute atomic E-state index is 9.49. The monoisotopic (exact) mass is 245 g/mol. The number of thiophene rings is 1. The molecule has 3 aromatic rings. The van der Waals surface area contributed by atoms with E-state index >= 15 is 0 Å². The minimum Gasteiger partial charge on any atom is -0.389 e. The van der Waals surface area contributed by atoms with Crippen LogP contribution in [0.25, 0.3) is 15.9 Å². The van der Waals surface area contributed by atoms with Crippen molar-refractivity contribution in [1.29, 1.82) is 0 Å². The van der Waals surface area contributed by atoms with Crippen molar-refractivity contribution in [3.05, 3.63) is 41.7 Å². The third kappa shape index (κ3) is 1.73. The van der Waals surface area contributed by atoms with Crippen molar-refractivity contribution in [2.45, 2.75) is 13.0 Å². The molecule has 86 valence electrons. The fourth-order valence-electron chi connectivity index (χ4n) is 1.71. The van der Waals surface area contributed by atoms with Gasteiger partial charge in [-0.05, 0) is 29.8 Å². The maximum atomic E-state index is 9.49. The van der Waals surface area contributed by atoms with Gasteiger partial charge in [0.2, 0.25) is 0 Å². The van der Waals surface area contributed by atoms with Crippen LogP contribution in [-0.2, 0) is 0 Å². The summed E-state index contributed by atoms with van der Waals surface area (Å²) in [6, 6.07) is 4.04. The molecule has 1 atom stereocenters. The summed E-state index contributed by atoms with van der Waals surface area (Å²) in [5.41, 5.74) is 0.792. The van der Waals surface area contributed by atoms with Crippen LogP contribution in [0.5, 0.6) is 0 Å². The van der Waals surface area contributed by atoms with E-state index in [-0.39, 0.29) is 0 Å². The van der Waals surface area contributed by atoms with Gasteiger partial charge in [0.1, 0.15) is 0 Å². The van der Waals surface area contributed by atoms with Crippen LogP contribution >= 0.6 is 11.3 Å². The lowest BCUT2D eigenvalue weighted by Crippen LogP contribution is -1.97. The summed E-state index contributed by atoms with van der Waals surface area (Å²) in [4.78, 5) is 4.35. The molecule has 1 N–H and O–H groups in total. The summed E-state index contributed by atoms with van der Waals surface area (Å²) in [6.07, 6.45) is 4.74. The van der Waals surface area contributed by atoms with Crippen LogP contribution in [-0.4, -0.2) is 19.9 Å². The number of hydrogen-bond donors (Lipinski definition) is 1. The Labute approximate surface area is 102 Å². The van der Waals surface area contributed by atoms with E-state index in [9.17, 15) is 5.11 Å². The van der Waals surface area contributed by atoms with E-state index in [4.69, 9.17) is 0 Å². The van der Waals surface area contributed by atoms with Crippen LogP contribution in [0.4, 0.5) is 0 Å². The largest absolute Gasteiger partial charge is 0.389 e. The van der Waals surface area contributed by atoms with Gasteiger partial charge in [-0.1, -0.05) is 0 Å². The smallest absolute Gasteiger partial charge is 0.171 e. The molecular formula is C12H11N3OS. The number of aromatic nitrogens is 3. The third-order valence-corrected chi connectivity index (χ3v) is 3.58. The van der Waals surface area contributed by atoms with Crippen LogP contribution in [0.1, 0.15) is 18.6 Å². The first kappa shape index (κ1) is 10.4. The first-order chi connectivity index (χ1) is 8.25. The molecule has 1 unspecified atom stereocenters. The number of nitrogens with zero attached hydrogens (tertiary/aromatic N) is 3. The first-order valence-corrected chi connectivity index (χ1v) is 6.19. The van der Waals surface area contributed by atoms with E-state index in [2.05, 4.69) is 16.1 Å². The van der Waals surface area contributed by atoms with Crippen LogP contribution in [0.15, 0.2) is 36.1 Å². The average Bonchev–Trinajstić information content (AvgIpc) is 2.97. The zero-order chi connectivity index (χ0) is 11.8. The molecule has 0 saturated carbocycles. The highest BCUT2D eigenvalue weighted by atomic mass is 32.1. The predicted molar refractivity (Wildman–Crippen MR) is 67.4 cm³/mol. The summed E-state index contributed by atoms with van der Waals surface area (Å²) in [5.74, 6) is 0.810. The second-order valence-electron chi connectivity index (χ2n) is 3.87. The SMILES string of the molecule is CC(O)c1cnn(-c2nccc3ccsc23)c1. The standard InChI is InChI=1S/C12H11N3OS/c1-8(16)10-6-14-15(7-10)12-11-9(2-4-13-12)3-5-17-11/h2-8,16H,1H3. The lowest BCUT2D eigenvalue weighted by Gasteiger charge is -2.01. The molecule has 0 spiro atoms. The van der Waals surface area contributed by atoms with Gasteiger partial charge < -0.3 is 5.11 Å². The highest BCUT2D eigenvalue weighted by Gasteiger charge is 2.09. The molecule has 0 aliphatic rings. The van der Waals surface area contributed by atoms with Crippen molar-refractivity contribution in [2.75, 3.05) is 0 Å². The van der Waals surface area contributed by atoms with Crippen molar-refractivity contribution in [3.8, 4) is 5.82 Å². The normalized spacial score (nSPS) is 13.1. The Morgan fingerprint density at radius 2 is 2.29 bits per heavy atom. The summed E-state index contributed by atoms with van der Waals surface area (Å²) in [5, 5.41) is 16.9. The van der Waals surface area contributed by atoms with E-state index in [0.29, 0.717) is 0 Å². The molecule has 17 heavy (non-hydrogen) atoms. The van der Waals surface area contributed by atoms with Gasteiger partial charge in [0.25, 0.3) is 0 Å². The number of pyridine rings is 1. The number of aliphatic hydroxyl groups is 1. The van der Waals surface area contributed by atoms with E-state index in [1.54, 1.807) is 35.3 Å². The van der Waals surface area contributed by atoms with Crippen molar-refractivity contribution in [3.63, 3.8) is 0 Å². The highest BCUT2D eigenvalue weighted by molar-refractivity contribution is 7.17. The number of hydrogen-bond acceptors (Lipinski definition) is 4. The summed E-state index contributed by atoms with van der Waals surface area (Å²) in [7, 11) is 0. The second-order valence-corrected chi connectivity index (χ2v) is 4.78. The molecular weight excluding hydrogens is 234 g/mol. The predicted octanol–water partition coefficient (Wildman–Crippen LogP) is 2.54. The Balaban J connectivity index is 2.16. The molecule has 0 aromatic carbocycles. The van der Waals surface area contributed by atoms with Crippen LogP contribution in [0.3, 0.4) is 0 Å². The van der Waals surface area contributed by atoms with Gasteiger partial charge in [0.05, 0.1) is 17.0 Å². The molecule has 0 bridgehead atoms. The first-order valence-electron chi connectivity index (χ1n) is 5.31. The lowest BCUT2D eigenvalue weighted by molar-refractivity contribution is 0.199. The Morgan fingerprint density at radius 3 is 3.06 bits per heavy atom. The molecule has 0 amide bonds. The van der Waals surface area contributed by atoms with E-state index in [1.807, 2.05) is 17.6 Å². The molecule has 0 aliphatic heterocycles. The lowest BCUT2D eigenvalue weighted by atomic mass is 10.2. The fourth-order valence-corrected chi connectivity index (χ4v) is 2.58. The molecule has 0 fully saturated rings. The van der Waals surface area contributed by atoms with Crippen molar-refractivity contribution in [1.82, 2.24) is 14.8 Å². The van der Waals surface area contributed by atoms with Gasteiger partial charge in [-0.15, -0.1) is 11.3 Å². The highest BCUT2D eigenvalue weighted by Crippen LogP contribution is 2.25. The number of fused-ring (bicyclic) bond motifs is 1. The van der Waals surface area contributed by atoms with Gasteiger partial charge in [-0.2, -0.15) is 5.10 Å². The Kier molecular flexibility index (Phi) is 2.42. The van der Waals surface area contributed by atoms with Gasteiger partial charge in [-0.3, -0.25) is 0 Å². The Bertz CT molecular complexity index is 656. The maximum Gasteiger partial charge on any atom is 0.171 e. The number of aliphatic hydroxyl groups excluding tert-OH is 1. The molecule has 0 saturated heterocycles. The van der Waals surface area contributed by atoms with Crippen LogP contribution in [0.2, 0.25) is 0 Å². The summed E-state index contributed by atoms with van der Waals surface area (Å²) >= 11 is 1.64. The van der Waals surface area contributed by atoms with Crippen molar-refractivity contribution in [2.24, 2.45) is 0 Å². The van der Waals surface area contributed by atoms with Gasteiger partial charge in [-0.25, -0.2) is 9.67 Å². The Morgan fingerprint density at radius 1 is 1.41 bits per heavy atom. The van der Waals surface area contributed by atoms with Gasteiger partial charge in [0.15, 0.2) is 5.82 Å². The summed E-state index contributed by atoms with van der Waals surface area (Å²) < 4.78 is 2.81. The zero-order valence-electron chi connectivity index (χ0n) is 9.24. The molecule has 4 nitrogen and oxygen atoms in total. The molecule has 0 aliphatic carbocycles. The van der Waals surface area contributed by atoms with Crippen LogP contribution in [0, 0.1) is 0 Å². The van der Waals surface area contributed by atoms with Gasteiger partial charge >= 0.3 is 0 Å². The molecule has 3 heterocycles. The third-order valence-electron chi connectivity index (χ3n) is 2.65. The zero-order valence-corrected chi connectivity index (χ0v) is 10.1. The van der Waals surface area contributed by atoms with Crippen molar-refractivity contribution >= 4 is 21.4 Å². The molecule has 5 heteroatoms. The van der Waals surface area contributed by atoms with Crippen molar-refractivity contribution < 1.29 is 5.11 Å².